The van der Waals surface area contributed by atoms with Crippen molar-refractivity contribution in [3.05, 3.63) is 63.2 Å². The molecule has 4 heterocycles. The summed E-state index contributed by atoms with van der Waals surface area (Å²) in [4.78, 5) is 30.5. The monoisotopic (exact) mass is 377 g/mol. The lowest BCUT2D eigenvalue weighted by Gasteiger charge is -2.23. The maximum absolute atomic E-state index is 13.4. The Labute approximate surface area is 162 Å². The molecule has 1 aromatic carbocycles. The average Bonchev–Trinajstić information content (AvgIpc) is 3.28. The van der Waals surface area contributed by atoms with Crippen LogP contribution in [0, 0.1) is 6.92 Å². The molecule has 0 bridgehead atoms. The molecule has 2 aromatic heterocycles. The Morgan fingerprint density at radius 3 is 2.82 bits per heavy atom. The second-order valence-electron chi connectivity index (χ2n) is 7.64. The maximum atomic E-state index is 13.4. The summed E-state index contributed by atoms with van der Waals surface area (Å²) in [5.74, 6) is 0.163. The molecule has 3 aromatic rings. The molecule has 7 nitrogen and oxygen atoms in total. The first-order valence-electron chi connectivity index (χ1n) is 9.86. The summed E-state index contributed by atoms with van der Waals surface area (Å²) in [6.07, 6.45) is 2.76. The number of piperidine rings is 1. The highest BCUT2D eigenvalue weighted by atomic mass is 16.2. The van der Waals surface area contributed by atoms with Gasteiger partial charge in [0.15, 0.2) is 0 Å². The number of aryl methyl sites for hydroxylation is 1. The zero-order valence-corrected chi connectivity index (χ0v) is 15.9. The molecule has 28 heavy (non-hydrogen) atoms. The van der Waals surface area contributed by atoms with Gasteiger partial charge < -0.3 is 15.2 Å². The Morgan fingerprint density at radius 2 is 2.00 bits per heavy atom. The van der Waals surface area contributed by atoms with Gasteiger partial charge >= 0.3 is 0 Å². The van der Waals surface area contributed by atoms with Crippen LogP contribution >= 0.6 is 0 Å². The normalized spacial score (nSPS) is 17.2. The van der Waals surface area contributed by atoms with Crippen LogP contribution in [0.15, 0.2) is 35.1 Å². The number of hydrogen-bond acceptors (Lipinski definition) is 4. The minimum absolute atomic E-state index is 0.101. The molecule has 1 fully saturated rings. The maximum Gasteiger partial charge on any atom is 0.263 e. The first-order valence-corrected chi connectivity index (χ1v) is 9.86. The van der Waals surface area contributed by atoms with Gasteiger partial charge in [-0.05, 0) is 50.9 Å². The average molecular weight is 377 g/mol. The number of carbonyl (C=O) groups excluding carboxylic acids is 1. The summed E-state index contributed by atoms with van der Waals surface area (Å²) < 4.78 is 1.78. The zero-order valence-electron chi connectivity index (χ0n) is 15.9. The van der Waals surface area contributed by atoms with E-state index in [1.54, 1.807) is 15.5 Å². The van der Waals surface area contributed by atoms with Gasteiger partial charge in [0.2, 0.25) is 0 Å². The third-order valence-electron chi connectivity index (χ3n) is 5.93. The number of nitrogens with zero attached hydrogens (tertiary/aromatic N) is 3. The molecule has 0 spiro atoms. The van der Waals surface area contributed by atoms with Crippen LogP contribution in [0.25, 0.3) is 5.65 Å². The molecule has 1 saturated heterocycles. The quantitative estimate of drug-likeness (QED) is 0.716. The van der Waals surface area contributed by atoms with E-state index >= 15 is 0 Å². The number of H-pyrrole nitrogens is 1. The van der Waals surface area contributed by atoms with E-state index in [0.717, 1.165) is 43.7 Å². The highest BCUT2D eigenvalue weighted by molar-refractivity contribution is 6.11. The van der Waals surface area contributed by atoms with Crippen molar-refractivity contribution in [3.8, 4) is 0 Å². The molecule has 1 amide bonds. The van der Waals surface area contributed by atoms with E-state index in [-0.39, 0.29) is 17.4 Å². The van der Waals surface area contributed by atoms with Gasteiger partial charge in [-0.25, -0.2) is 4.52 Å². The fourth-order valence-corrected chi connectivity index (χ4v) is 4.53. The van der Waals surface area contributed by atoms with Crippen LogP contribution in [-0.2, 0) is 6.42 Å². The molecule has 2 N–H and O–H groups in total. The molecule has 0 unspecified atom stereocenters. The van der Waals surface area contributed by atoms with E-state index in [2.05, 4.69) is 21.5 Å². The number of aromatic nitrogens is 3. The van der Waals surface area contributed by atoms with E-state index in [1.165, 1.54) is 5.56 Å². The Balaban J connectivity index is 1.63. The van der Waals surface area contributed by atoms with Gasteiger partial charge in [-0.15, -0.1) is 0 Å². The predicted octanol–water partition coefficient (Wildman–Crippen LogP) is 2.00. The van der Waals surface area contributed by atoms with Crippen LogP contribution in [0.1, 0.15) is 46.1 Å². The van der Waals surface area contributed by atoms with Crippen molar-refractivity contribution in [1.82, 2.24) is 19.9 Å². The van der Waals surface area contributed by atoms with Gasteiger partial charge in [-0.2, -0.15) is 5.10 Å². The lowest BCUT2D eigenvalue weighted by molar-refractivity contribution is 0.0990. The van der Waals surface area contributed by atoms with Crippen molar-refractivity contribution < 1.29 is 4.79 Å². The van der Waals surface area contributed by atoms with Crippen molar-refractivity contribution >= 4 is 17.2 Å². The molecular formula is C21H23N5O2. The first-order chi connectivity index (χ1) is 13.6. The molecule has 0 aliphatic carbocycles. The molecule has 2 aliphatic rings. The van der Waals surface area contributed by atoms with E-state index < -0.39 is 0 Å². The van der Waals surface area contributed by atoms with Gasteiger partial charge in [0.25, 0.3) is 11.5 Å². The highest BCUT2D eigenvalue weighted by Crippen LogP contribution is 2.31. The predicted molar refractivity (Wildman–Crippen MR) is 107 cm³/mol. The van der Waals surface area contributed by atoms with Crippen LogP contribution in [0.2, 0.25) is 0 Å². The summed E-state index contributed by atoms with van der Waals surface area (Å²) in [6.45, 7) is 4.34. The summed E-state index contributed by atoms with van der Waals surface area (Å²) in [5, 5.41) is 8.01. The number of benzene rings is 1. The Bertz CT molecular complexity index is 1120. The molecule has 0 radical (unpaired) electrons. The molecule has 0 saturated carbocycles. The number of fused-ring (bicyclic) bond motifs is 2. The standard InChI is InChI=1S/C21H23N5O2/c1-13-19(21(28)25-11-8-14-4-2-3-5-16(14)25)20-23-18(27)12-17(26(20)24-13)15-6-9-22-10-7-15/h2-5,12,15,22H,6-11H2,1H3,(H,23,27). The number of aromatic amines is 1. The lowest BCUT2D eigenvalue weighted by atomic mass is 9.94. The van der Waals surface area contributed by atoms with Gasteiger partial charge in [0, 0.05) is 24.2 Å². The van der Waals surface area contributed by atoms with Crippen molar-refractivity contribution in [2.45, 2.75) is 32.1 Å². The minimum atomic E-state index is -0.184. The summed E-state index contributed by atoms with van der Waals surface area (Å²) in [6, 6.07) is 9.61. The Kier molecular flexibility index (Phi) is 4.05. The summed E-state index contributed by atoms with van der Waals surface area (Å²) >= 11 is 0. The largest absolute Gasteiger partial charge is 0.317 e. The number of anilines is 1. The molecule has 2 aliphatic heterocycles. The molecule has 144 valence electrons. The molecular weight excluding hydrogens is 354 g/mol. The molecule has 7 heteroatoms. The van der Waals surface area contributed by atoms with E-state index in [4.69, 9.17) is 0 Å². The Morgan fingerprint density at radius 1 is 1.21 bits per heavy atom. The number of nitrogens with one attached hydrogen (secondary N) is 2. The van der Waals surface area contributed by atoms with Crippen LogP contribution in [0.3, 0.4) is 0 Å². The van der Waals surface area contributed by atoms with Crippen LogP contribution < -0.4 is 15.8 Å². The van der Waals surface area contributed by atoms with Crippen molar-refractivity contribution in [2.75, 3.05) is 24.5 Å². The lowest BCUT2D eigenvalue weighted by Crippen LogP contribution is -2.30. The number of amides is 1. The van der Waals surface area contributed by atoms with Crippen molar-refractivity contribution in [2.24, 2.45) is 0 Å². The van der Waals surface area contributed by atoms with Gasteiger partial charge in [0.1, 0.15) is 11.2 Å². The smallest absolute Gasteiger partial charge is 0.263 e. The van der Waals surface area contributed by atoms with Crippen molar-refractivity contribution in [3.63, 3.8) is 0 Å². The van der Waals surface area contributed by atoms with Crippen LogP contribution in [0.5, 0.6) is 0 Å². The van der Waals surface area contributed by atoms with Gasteiger partial charge in [0.05, 0.1) is 11.4 Å². The zero-order chi connectivity index (χ0) is 19.3. The summed E-state index contributed by atoms with van der Waals surface area (Å²) in [5.41, 5.74) is 4.47. The highest BCUT2D eigenvalue weighted by Gasteiger charge is 2.30. The fourth-order valence-electron chi connectivity index (χ4n) is 4.53. The topological polar surface area (TPSA) is 82.5 Å². The number of para-hydroxylation sites is 1. The van der Waals surface area contributed by atoms with Crippen LogP contribution in [0.4, 0.5) is 5.69 Å². The van der Waals surface area contributed by atoms with Gasteiger partial charge in [-0.1, -0.05) is 18.2 Å². The Hall–Kier alpha value is -2.93. The van der Waals surface area contributed by atoms with Gasteiger partial charge in [-0.3, -0.25) is 9.59 Å². The van der Waals surface area contributed by atoms with E-state index in [9.17, 15) is 9.59 Å². The third kappa shape index (κ3) is 2.65. The third-order valence-corrected chi connectivity index (χ3v) is 5.93. The second kappa shape index (κ2) is 6.60. The van der Waals surface area contributed by atoms with E-state index in [0.29, 0.717) is 23.4 Å². The van der Waals surface area contributed by atoms with Crippen LogP contribution in [-0.4, -0.2) is 40.1 Å². The first kappa shape index (κ1) is 17.2. The number of rotatable bonds is 2. The van der Waals surface area contributed by atoms with E-state index in [1.807, 2.05) is 25.1 Å². The fraction of sp³-hybridized carbons (Fsp3) is 0.381. The SMILES string of the molecule is Cc1nn2c(C3CCNCC3)cc(=O)[nH]c2c1C(=O)N1CCc2ccccc21. The second-order valence-corrected chi connectivity index (χ2v) is 7.64. The summed E-state index contributed by atoms with van der Waals surface area (Å²) in [7, 11) is 0. The number of hydrogen-bond donors (Lipinski definition) is 2. The van der Waals surface area contributed by atoms with Crippen molar-refractivity contribution in [1.29, 1.82) is 0 Å². The molecule has 0 atom stereocenters. The number of carbonyl (C=O) groups is 1. The molecule has 5 rings (SSSR count). The minimum Gasteiger partial charge on any atom is -0.317 e.